The predicted molar refractivity (Wildman–Crippen MR) is 117 cm³/mol. The average Bonchev–Trinajstić information content (AvgIpc) is 2.72. The lowest BCUT2D eigenvalue weighted by Gasteiger charge is -2.13. The van der Waals surface area contributed by atoms with Gasteiger partial charge in [0.15, 0.2) is 0 Å². The van der Waals surface area contributed by atoms with E-state index in [9.17, 15) is 10.2 Å². The van der Waals surface area contributed by atoms with Gasteiger partial charge in [0, 0.05) is 0 Å². The summed E-state index contributed by atoms with van der Waals surface area (Å²) in [5.41, 5.74) is 0. The minimum absolute atomic E-state index is 0.276. The molecule has 2 heteroatoms. The van der Waals surface area contributed by atoms with Gasteiger partial charge in [-0.1, -0.05) is 60.7 Å². The van der Waals surface area contributed by atoms with Crippen LogP contribution in [0, 0.1) is 0 Å². The average molecular weight is 360 g/mol. The van der Waals surface area contributed by atoms with E-state index in [2.05, 4.69) is 48.5 Å². The highest BCUT2D eigenvalue weighted by Crippen LogP contribution is 2.40. The van der Waals surface area contributed by atoms with E-state index >= 15 is 0 Å². The summed E-state index contributed by atoms with van der Waals surface area (Å²) in [6, 6.07) is 28.1. The van der Waals surface area contributed by atoms with Crippen molar-refractivity contribution in [1.82, 2.24) is 0 Å². The molecule has 6 rings (SSSR count). The molecular formula is C26H16O2. The highest BCUT2D eigenvalue weighted by molar-refractivity contribution is 6.32. The number of rotatable bonds is 0. The molecule has 0 atom stereocenters. The molecule has 0 bridgehead atoms. The molecule has 0 saturated carbocycles. The fourth-order valence-corrected chi connectivity index (χ4v) is 4.50. The van der Waals surface area contributed by atoms with Gasteiger partial charge in [0.2, 0.25) is 0 Å². The molecule has 0 aromatic heterocycles. The third-order valence-electron chi connectivity index (χ3n) is 5.74. The zero-order valence-electron chi connectivity index (χ0n) is 15.0. The van der Waals surface area contributed by atoms with E-state index in [1.807, 2.05) is 24.3 Å². The van der Waals surface area contributed by atoms with Gasteiger partial charge in [-0.05, 0) is 78.1 Å². The van der Waals surface area contributed by atoms with Crippen molar-refractivity contribution in [2.45, 2.75) is 0 Å². The van der Waals surface area contributed by atoms with Gasteiger partial charge in [0.1, 0.15) is 11.5 Å². The number of hydrogen-bond donors (Lipinski definition) is 2. The third-order valence-corrected chi connectivity index (χ3v) is 5.74. The largest absolute Gasteiger partial charge is 0.508 e. The molecule has 0 spiro atoms. The molecule has 0 aliphatic rings. The van der Waals surface area contributed by atoms with Crippen LogP contribution in [0.1, 0.15) is 0 Å². The Morgan fingerprint density at radius 2 is 0.714 bits per heavy atom. The van der Waals surface area contributed by atoms with Crippen LogP contribution in [0.25, 0.3) is 53.9 Å². The monoisotopic (exact) mass is 360 g/mol. The second-order valence-corrected chi connectivity index (χ2v) is 7.37. The zero-order chi connectivity index (χ0) is 18.8. The lowest BCUT2D eigenvalue weighted by molar-refractivity contribution is 0.475. The maximum Gasteiger partial charge on any atom is 0.116 e. The van der Waals surface area contributed by atoms with Crippen LogP contribution in [0.3, 0.4) is 0 Å². The van der Waals surface area contributed by atoms with E-state index in [4.69, 9.17) is 0 Å². The Hall–Kier alpha value is -3.78. The summed E-state index contributed by atoms with van der Waals surface area (Å²) >= 11 is 0. The smallest absolute Gasteiger partial charge is 0.116 e. The van der Waals surface area contributed by atoms with Crippen molar-refractivity contribution in [2.75, 3.05) is 0 Å². The van der Waals surface area contributed by atoms with Crippen molar-refractivity contribution in [2.24, 2.45) is 0 Å². The van der Waals surface area contributed by atoms with Gasteiger partial charge >= 0.3 is 0 Å². The predicted octanol–water partition coefficient (Wildman–Crippen LogP) is 6.86. The number of phenols is 2. The molecular weight excluding hydrogens is 344 g/mol. The highest BCUT2D eigenvalue weighted by Gasteiger charge is 2.12. The zero-order valence-corrected chi connectivity index (χ0v) is 15.0. The Labute approximate surface area is 160 Å². The SMILES string of the molecule is Oc1ccc2c(ccc3ccc4ccc5ccc6cc(O)ccc6c5c4c32)c1. The van der Waals surface area contributed by atoms with Crippen molar-refractivity contribution in [3.8, 4) is 11.5 Å². The van der Waals surface area contributed by atoms with Crippen LogP contribution in [0.2, 0.25) is 0 Å². The van der Waals surface area contributed by atoms with Crippen LogP contribution >= 0.6 is 0 Å². The molecule has 2 N–H and O–H groups in total. The van der Waals surface area contributed by atoms with E-state index in [1.165, 1.54) is 32.3 Å². The summed E-state index contributed by atoms with van der Waals surface area (Å²) in [6.45, 7) is 0. The first-order chi connectivity index (χ1) is 13.7. The Morgan fingerprint density at radius 1 is 0.357 bits per heavy atom. The van der Waals surface area contributed by atoms with Crippen LogP contribution in [0.4, 0.5) is 0 Å². The highest BCUT2D eigenvalue weighted by atomic mass is 16.3. The van der Waals surface area contributed by atoms with Gasteiger partial charge in [-0.15, -0.1) is 0 Å². The molecule has 0 aliphatic carbocycles. The summed E-state index contributed by atoms with van der Waals surface area (Å²) in [7, 11) is 0. The van der Waals surface area contributed by atoms with Crippen molar-refractivity contribution in [3.63, 3.8) is 0 Å². The second-order valence-electron chi connectivity index (χ2n) is 7.37. The molecule has 6 aromatic rings. The number of phenolic OH excluding ortho intramolecular Hbond substituents is 2. The topological polar surface area (TPSA) is 40.5 Å². The first kappa shape index (κ1) is 15.3. The first-order valence-electron chi connectivity index (χ1n) is 9.32. The minimum atomic E-state index is 0.276. The van der Waals surface area contributed by atoms with Gasteiger partial charge in [-0.2, -0.15) is 0 Å². The molecule has 0 saturated heterocycles. The van der Waals surface area contributed by atoms with E-state index in [-0.39, 0.29) is 11.5 Å². The van der Waals surface area contributed by atoms with Crippen molar-refractivity contribution >= 4 is 53.9 Å². The summed E-state index contributed by atoms with van der Waals surface area (Å²) in [5.74, 6) is 0.552. The van der Waals surface area contributed by atoms with Crippen molar-refractivity contribution in [1.29, 1.82) is 0 Å². The molecule has 0 amide bonds. The molecule has 0 heterocycles. The van der Waals surface area contributed by atoms with E-state index in [0.717, 1.165) is 21.5 Å². The maximum atomic E-state index is 9.93. The molecule has 0 fully saturated rings. The Balaban J connectivity index is 1.97. The lowest BCUT2D eigenvalue weighted by atomic mass is 9.90. The van der Waals surface area contributed by atoms with Crippen LogP contribution < -0.4 is 0 Å². The van der Waals surface area contributed by atoms with E-state index < -0.39 is 0 Å². The van der Waals surface area contributed by atoms with Gasteiger partial charge < -0.3 is 10.2 Å². The van der Waals surface area contributed by atoms with Crippen molar-refractivity contribution < 1.29 is 10.2 Å². The maximum absolute atomic E-state index is 9.93. The van der Waals surface area contributed by atoms with E-state index in [1.54, 1.807) is 12.1 Å². The molecule has 28 heavy (non-hydrogen) atoms. The van der Waals surface area contributed by atoms with Crippen LogP contribution in [0.15, 0.2) is 84.9 Å². The molecule has 2 nitrogen and oxygen atoms in total. The van der Waals surface area contributed by atoms with Crippen LogP contribution in [-0.2, 0) is 0 Å². The Kier molecular flexibility index (Phi) is 2.93. The quantitative estimate of drug-likeness (QED) is 0.290. The third kappa shape index (κ3) is 2.03. The summed E-state index contributed by atoms with van der Waals surface area (Å²) in [5, 5.41) is 31.3. The van der Waals surface area contributed by atoms with Crippen LogP contribution in [-0.4, -0.2) is 10.2 Å². The summed E-state index contributed by atoms with van der Waals surface area (Å²) < 4.78 is 0. The van der Waals surface area contributed by atoms with Crippen molar-refractivity contribution in [3.05, 3.63) is 84.9 Å². The fraction of sp³-hybridized carbons (Fsp3) is 0. The van der Waals surface area contributed by atoms with Crippen LogP contribution in [0.5, 0.6) is 11.5 Å². The fourth-order valence-electron chi connectivity index (χ4n) is 4.50. The van der Waals surface area contributed by atoms with Gasteiger partial charge in [0.05, 0.1) is 0 Å². The lowest BCUT2D eigenvalue weighted by Crippen LogP contribution is -1.85. The first-order valence-corrected chi connectivity index (χ1v) is 9.32. The van der Waals surface area contributed by atoms with Gasteiger partial charge in [-0.25, -0.2) is 0 Å². The molecule has 0 unspecified atom stereocenters. The number of fused-ring (bicyclic) bond motifs is 9. The standard InChI is InChI=1S/C26H16O2/c27-20-9-11-22-18(13-20)7-5-15-1-3-17-4-2-16-6-8-19-14-21(28)10-12-23(19)25(16)26(17)24(15)22/h1-14,27-28H. The number of hydrogen-bond acceptors (Lipinski definition) is 2. The molecule has 0 aliphatic heterocycles. The molecule has 132 valence electrons. The summed E-state index contributed by atoms with van der Waals surface area (Å²) in [4.78, 5) is 0. The normalized spacial score (nSPS) is 11.9. The molecule has 6 aromatic carbocycles. The van der Waals surface area contributed by atoms with Gasteiger partial charge in [-0.3, -0.25) is 0 Å². The minimum Gasteiger partial charge on any atom is -0.508 e. The Morgan fingerprint density at radius 3 is 1.14 bits per heavy atom. The Bertz CT molecular complexity index is 1460. The summed E-state index contributed by atoms with van der Waals surface area (Å²) in [6.07, 6.45) is 0. The second kappa shape index (κ2) is 5.37. The number of aromatic hydroxyl groups is 2. The molecule has 0 radical (unpaired) electrons. The number of benzene rings is 6. The van der Waals surface area contributed by atoms with Gasteiger partial charge in [0.25, 0.3) is 0 Å². The van der Waals surface area contributed by atoms with E-state index in [0.29, 0.717) is 0 Å².